The highest BCUT2D eigenvalue weighted by Crippen LogP contribution is 2.25. The van der Waals surface area contributed by atoms with Crippen molar-refractivity contribution in [2.24, 2.45) is 5.73 Å². The average molecular weight is 635 g/mol. The Bertz CT molecular complexity index is 1350. The van der Waals surface area contributed by atoms with Gasteiger partial charge < -0.3 is 25.4 Å². The maximum Gasteiger partial charge on any atom is 0.326 e. The highest BCUT2D eigenvalue weighted by Gasteiger charge is 2.44. The van der Waals surface area contributed by atoms with Crippen LogP contribution in [-0.2, 0) is 36.8 Å². The van der Waals surface area contributed by atoms with Crippen LogP contribution in [0.2, 0.25) is 0 Å². The lowest BCUT2D eigenvalue weighted by atomic mass is 10.0. The average Bonchev–Trinajstić information content (AvgIpc) is 3.46. The standard InChI is InChI=1S/C32H41F3N4O6/c1-4-26(37-27(32(44)45-5-2)12-11-19-9-7-6-8-10-19)30(41)39-18-22(16-28(39)31(42)43)38(3)29(40)15-21(36)13-20-14-24(34)25(35)17-23(20)33/h6-10,14,17,21-22,26-28,37H,4-5,11-13,15-16,18,36H2,1-3H3,(H,42,43)/t21-,22+,26+,27+,28+/m1/s1. The molecule has 2 aromatic rings. The van der Waals surface area contributed by atoms with E-state index in [0.717, 1.165) is 5.56 Å². The maximum atomic E-state index is 14.1. The molecule has 0 spiro atoms. The normalized spacial score (nSPS) is 18.2. The number of nitrogens with two attached hydrogens (primary N) is 1. The topological polar surface area (TPSA) is 142 Å². The van der Waals surface area contributed by atoms with E-state index in [4.69, 9.17) is 10.5 Å². The number of hydrogen-bond acceptors (Lipinski definition) is 7. The number of amides is 2. The van der Waals surface area contributed by atoms with Crippen molar-refractivity contribution >= 4 is 23.8 Å². The van der Waals surface area contributed by atoms with E-state index in [-0.39, 0.29) is 44.4 Å². The molecule has 4 N–H and O–H groups in total. The molecule has 1 aliphatic rings. The Morgan fingerprint density at radius 3 is 2.36 bits per heavy atom. The predicted octanol–water partition coefficient (Wildman–Crippen LogP) is 2.81. The molecule has 0 unspecified atom stereocenters. The molecule has 0 saturated carbocycles. The molecule has 0 radical (unpaired) electrons. The molecule has 1 aliphatic heterocycles. The van der Waals surface area contributed by atoms with E-state index < -0.39 is 71.4 Å². The van der Waals surface area contributed by atoms with Gasteiger partial charge in [0.1, 0.15) is 17.9 Å². The highest BCUT2D eigenvalue weighted by molar-refractivity contribution is 5.89. The van der Waals surface area contributed by atoms with Gasteiger partial charge in [0.15, 0.2) is 11.6 Å². The number of likely N-dealkylation sites (tertiary alicyclic amines) is 1. The minimum Gasteiger partial charge on any atom is -0.480 e. The number of nitrogens with one attached hydrogen (secondary N) is 1. The molecule has 246 valence electrons. The van der Waals surface area contributed by atoms with Gasteiger partial charge >= 0.3 is 11.9 Å². The Hall–Kier alpha value is -3.97. The number of likely N-dealkylation sites (N-methyl/N-ethyl adjacent to an activating group) is 1. The fourth-order valence-electron chi connectivity index (χ4n) is 5.49. The number of aliphatic carboxylic acids is 1. The number of carbonyl (C=O) groups is 4. The Labute approximate surface area is 260 Å². The van der Waals surface area contributed by atoms with E-state index in [2.05, 4.69) is 5.32 Å². The summed E-state index contributed by atoms with van der Waals surface area (Å²) in [5.41, 5.74) is 6.85. The molecule has 2 amide bonds. The summed E-state index contributed by atoms with van der Waals surface area (Å²) in [6.45, 7) is 3.51. The second-order valence-electron chi connectivity index (χ2n) is 11.2. The number of hydrogen-bond donors (Lipinski definition) is 3. The number of benzene rings is 2. The van der Waals surface area contributed by atoms with Crippen molar-refractivity contribution in [3.63, 3.8) is 0 Å². The summed E-state index contributed by atoms with van der Waals surface area (Å²) in [5.74, 6) is -6.31. The number of nitrogens with zero attached hydrogens (tertiary/aromatic N) is 2. The van der Waals surface area contributed by atoms with E-state index in [1.807, 2.05) is 30.3 Å². The first-order chi connectivity index (χ1) is 21.4. The molecule has 45 heavy (non-hydrogen) atoms. The molecule has 1 fully saturated rings. The summed E-state index contributed by atoms with van der Waals surface area (Å²) in [4.78, 5) is 54.3. The molecule has 0 aliphatic carbocycles. The zero-order valence-corrected chi connectivity index (χ0v) is 25.7. The van der Waals surface area contributed by atoms with Crippen LogP contribution in [0.4, 0.5) is 13.2 Å². The van der Waals surface area contributed by atoms with Gasteiger partial charge in [-0.15, -0.1) is 0 Å². The Morgan fingerprint density at radius 1 is 1.07 bits per heavy atom. The number of rotatable bonds is 15. The van der Waals surface area contributed by atoms with Crippen LogP contribution >= 0.6 is 0 Å². The van der Waals surface area contributed by atoms with E-state index in [0.29, 0.717) is 25.0 Å². The van der Waals surface area contributed by atoms with Crippen LogP contribution < -0.4 is 11.1 Å². The fraction of sp³-hybridized carbons (Fsp3) is 0.500. The number of halogens is 3. The van der Waals surface area contributed by atoms with E-state index in [1.54, 1.807) is 13.8 Å². The van der Waals surface area contributed by atoms with Crippen LogP contribution in [-0.4, -0.2) is 89.1 Å². The van der Waals surface area contributed by atoms with Crippen LogP contribution in [0, 0.1) is 17.5 Å². The van der Waals surface area contributed by atoms with Crippen molar-refractivity contribution in [2.45, 2.75) is 82.6 Å². The monoisotopic (exact) mass is 634 g/mol. The van der Waals surface area contributed by atoms with Crippen molar-refractivity contribution in [1.82, 2.24) is 15.1 Å². The minimum atomic E-state index is -1.34. The van der Waals surface area contributed by atoms with Gasteiger partial charge in [-0.2, -0.15) is 0 Å². The lowest BCUT2D eigenvalue weighted by molar-refractivity contribution is -0.150. The third-order valence-electron chi connectivity index (χ3n) is 8.04. The predicted molar refractivity (Wildman–Crippen MR) is 159 cm³/mol. The first-order valence-electron chi connectivity index (χ1n) is 15.0. The van der Waals surface area contributed by atoms with Gasteiger partial charge in [0.2, 0.25) is 11.8 Å². The highest BCUT2D eigenvalue weighted by atomic mass is 19.2. The first-order valence-corrected chi connectivity index (χ1v) is 15.0. The summed E-state index contributed by atoms with van der Waals surface area (Å²) in [6, 6.07) is 6.11. The quantitative estimate of drug-likeness (QED) is 0.201. The fourth-order valence-corrected chi connectivity index (χ4v) is 5.49. The van der Waals surface area contributed by atoms with Crippen molar-refractivity contribution in [3.05, 3.63) is 71.0 Å². The van der Waals surface area contributed by atoms with Crippen molar-refractivity contribution in [2.75, 3.05) is 20.2 Å². The lowest BCUT2D eigenvalue weighted by Crippen LogP contribution is -2.54. The second-order valence-corrected chi connectivity index (χ2v) is 11.2. The Kier molecular flexibility index (Phi) is 12.9. The zero-order valence-electron chi connectivity index (χ0n) is 25.7. The van der Waals surface area contributed by atoms with Crippen LogP contribution in [0.3, 0.4) is 0 Å². The first kappa shape index (κ1) is 35.5. The maximum absolute atomic E-state index is 14.1. The van der Waals surface area contributed by atoms with Gasteiger partial charge in [0.05, 0.1) is 18.7 Å². The van der Waals surface area contributed by atoms with Crippen LogP contribution in [0.1, 0.15) is 50.7 Å². The summed E-state index contributed by atoms with van der Waals surface area (Å²) in [7, 11) is 1.46. The summed E-state index contributed by atoms with van der Waals surface area (Å²) >= 11 is 0. The van der Waals surface area contributed by atoms with Crippen molar-refractivity contribution in [3.8, 4) is 0 Å². The number of aryl methyl sites for hydroxylation is 1. The number of carbonyl (C=O) groups excluding carboxylic acids is 3. The molecule has 3 rings (SSSR count). The molecular formula is C32H41F3N4O6. The molecule has 0 aromatic heterocycles. The smallest absolute Gasteiger partial charge is 0.326 e. The molecule has 5 atom stereocenters. The molecule has 2 aromatic carbocycles. The molecule has 13 heteroatoms. The van der Waals surface area contributed by atoms with Crippen LogP contribution in [0.15, 0.2) is 42.5 Å². The Morgan fingerprint density at radius 2 is 1.73 bits per heavy atom. The lowest BCUT2D eigenvalue weighted by Gasteiger charge is -2.30. The molecular weight excluding hydrogens is 593 g/mol. The molecule has 0 bridgehead atoms. The van der Waals surface area contributed by atoms with E-state index in [9.17, 15) is 37.5 Å². The summed E-state index contributed by atoms with van der Waals surface area (Å²) in [5, 5.41) is 13.0. The van der Waals surface area contributed by atoms with E-state index in [1.165, 1.54) is 16.8 Å². The van der Waals surface area contributed by atoms with Gasteiger partial charge in [-0.05, 0) is 49.8 Å². The zero-order chi connectivity index (χ0) is 33.3. The summed E-state index contributed by atoms with van der Waals surface area (Å²) in [6.07, 6.45) is 0.608. The largest absolute Gasteiger partial charge is 0.480 e. The minimum absolute atomic E-state index is 0.0396. The molecule has 1 heterocycles. The van der Waals surface area contributed by atoms with Gasteiger partial charge in [-0.1, -0.05) is 37.3 Å². The third kappa shape index (κ3) is 9.51. The van der Waals surface area contributed by atoms with Gasteiger partial charge in [-0.25, -0.2) is 18.0 Å². The SMILES string of the molecule is CCOC(=O)[C@H](CCc1ccccc1)N[C@@H](CC)C(=O)N1C[C@@H](N(C)C(=O)C[C@H](N)Cc2cc(F)c(F)cc2F)C[C@H]1C(=O)O. The van der Waals surface area contributed by atoms with E-state index >= 15 is 0 Å². The molecule has 10 nitrogen and oxygen atoms in total. The van der Waals surface area contributed by atoms with Crippen LogP contribution in [0.25, 0.3) is 0 Å². The third-order valence-corrected chi connectivity index (χ3v) is 8.04. The summed E-state index contributed by atoms with van der Waals surface area (Å²) < 4.78 is 46.1. The number of carboxylic acids is 1. The van der Waals surface area contributed by atoms with Gasteiger partial charge in [-0.3, -0.25) is 19.7 Å². The Balaban J connectivity index is 1.68. The second kappa shape index (κ2) is 16.4. The van der Waals surface area contributed by atoms with Gasteiger partial charge in [0.25, 0.3) is 0 Å². The van der Waals surface area contributed by atoms with Crippen LogP contribution in [0.5, 0.6) is 0 Å². The molecule has 1 saturated heterocycles. The van der Waals surface area contributed by atoms with Crippen molar-refractivity contribution in [1.29, 1.82) is 0 Å². The number of ether oxygens (including phenoxy) is 1. The number of carboxylic acid groups (broad SMARTS) is 1. The number of esters is 1. The van der Waals surface area contributed by atoms with Gasteiger partial charge in [0, 0.05) is 38.5 Å². The van der Waals surface area contributed by atoms with Crippen molar-refractivity contribution < 1.29 is 42.2 Å².